The van der Waals surface area contributed by atoms with Crippen molar-refractivity contribution >= 4 is 23.9 Å². The van der Waals surface area contributed by atoms with Crippen LogP contribution in [-0.4, -0.2) is 34.5 Å². The van der Waals surface area contributed by atoms with Crippen LogP contribution in [-0.2, 0) is 21.3 Å². The minimum Gasteiger partial charge on any atom is -0.502 e. The van der Waals surface area contributed by atoms with Gasteiger partial charge in [0.15, 0.2) is 5.70 Å². The second kappa shape index (κ2) is 4.74. The first-order chi connectivity index (χ1) is 7.11. The van der Waals surface area contributed by atoms with Gasteiger partial charge in [0.05, 0.1) is 14.2 Å². The van der Waals surface area contributed by atoms with E-state index < -0.39 is 5.97 Å². The molecule has 0 atom stereocenters. The van der Waals surface area contributed by atoms with E-state index in [0.29, 0.717) is 4.77 Å². The second-order valence-corrected chi connectivity index (χ2v) is 3.03. The fourth-order valence-corrected chi connectivity index (χ4v) is 1.14. The fraction of sp³-hybridized carbons (Fsp3) is 0.375. The smallest absolute Gasteiger partial charge is 0.360 e. The molecule has 0 aliphatic rings. The van der Waals surface area contributed by atoms with E-state index in [2.05, 4.69) is 9.84 Å². The molecule has 0 saturated heterocycles. The number of hydrogen-bond acceptors (Lipinski definition) is 5. The molecule has 1 rings (SSSR count). The lowest BCUT2D eigenvalue weighted by molar-refractivity contribution is -0.134. The molecule has 0 N–H and O–H groups in total. The summed E-state index contributed by atoms with van der Waals surface area (Å²) in [5, 5.41) is 3.93. The molecule has 1 aromatic heterocycles. The third kappa shape index (κ3) is 2.24. The maximum atomic E-state index is 11.4. The molecular weight excluding hydrogens is 218 g/mol. The van der Waals surface area contributed by atoms with Crippen molar-refractivity contribution in [3.63, 3.8) is 0 Å². The largest absolute Gasteiger partial charge is 0.502 e. The van der Waals surface area contributed by atoms with Gasteiger partial charge >= 0.3 is 5.97 Å². The third-order valence-corrected chi connectivity index (χ3v) is 2.14. The number of hydrogen-bond donors (Lipinski definition) is 0. The monoisotopic (exact) mass is 229 g/mol. The molecule has 0 unspecified atom stereocenters. The Morgan fingerprint density at radius 1 is 1.60 bits per heavy atom. The topological polar surface area (TPSA) is 58.3 Å². The maximum absolute atomic E-state index is 11.4. The number of carbonyl (C=O) groups excluding carboxylic acids is 1. The number of aryl methyl sites for hydroxylation is 1. The molecule has 0 spiro atoms. The van der Waals surface area contributed by atoms with Crippen LogP contribution in [0.5, 0.6) is 0 Å². The van der Waals surface area contributed by atoms with Crippen molar-refractivity contribution in [3.8, 4) is 0 Å². The van der Waals surface area contributed by atoms with Crippen molar-refractivity contribution in [2.45, 2.75) is 0 Å². The Morgan fingerprint density at radius 2 is 2.27 bits per heavy atom. The number of nitrogens with zero attached hydrogens (tertiary/aromatic N) is 3. The van der Waals surface area contributed by atoms with Crippen LogP contribution >= 0.6 is 12.2 Å². The van der Waals surface area contributed by atoms with Gasteiger partial charge in [0.2, 0.25) is 4.77 Å². The van der Waals surface area contributed by atoms with Gasteiger partial charge in [0.25, 0.3) is 0 Å². The number of ether oxygens (including phenoxy) is 2. The van der Waals surface area contributed by atoms with Crippen LogP contribution in [0, 0.1) is 4.77 Å². The van der Waals surface area contributed by atoms with Crippen molar-refractivity contribution in [3.05, 3.63) is 17.4 Å². The summed E-state index contributed by atoms with van der Waals surface area (Å²) >= 11 is 5.04. The highest BCUT2D eigenvalue weighted by atomic mass is 32.1. The Labute approximate surface area is 91.7 Å². The molecule has 0 aliphatic carbocycles. The normalized spacial score (nSPS) is 11.3. The van der Waals surface area contributed by atoms with E-state index in [-0.39, 0.29) is 5.70 Å². The van der Waals surface area contributed by atoms with E-state index >= 15 is 0 Å². The summed E-state index contributed by atoms with van der Waals surface area (Å²) in [5.74, 6) is -0.563. The van der Waals surface area contributed by atoms with Crippen LogP contribution in [0.4, 0.5) is 0 Å². The van der Waals surface area contributed by atoms with Crippen LogP contribution in [0.15, 0.2) is 12.6 Å². The first-order valence-electron chi connectivity index (χ1n) is 4.04. The standard InChI is InChI=1S/C8H11N3O3S/c1-10-5-9-11(8(10)15)6(4-13-2)7(12)14-3/h4-5H,1-3H3/b6-4-. The van der Waals surface area contributed by atoms with Crippen LogP contribution in [0.1, 0.15) is 0 Å². The quantitative estimate of drug-likeness (QED) is 0.328. The van der Waals surface area contributed by atoms with Crippen molar-refractivity contribution in [1.29, 1.82) is 0 Å². The molecule has 0 aliphatic heterocycles. The van der Waals surface area contributed by atoms with Gasteiger partial charge in [-0.05, 0) is 12.2 Å². The zero-order valence-corrected chi connectivity index (χ0v) is 9.45. The van der Waals surface area contributed by atoms with Crippen LogP contribution < -0.4 is 0 Å². The molecule has 0 fully saturated rings. The van der Waals surface area contributed by atoms with Crippen LogP contribution in [0.25, 0.3) is 5.70 Å². The summed E-state index contributed by atoms with van der Waals surface area (Å²) in [6.07, 6.45) is 2.73. The Bertz CT molecular complexity index is 446. The lowest BCUT2D eigenvalue weighted by atomic mass is 10.5. The summed E-state index contributed by atoms with van der Waals surface area (Å²) < 4.78 is 12.6. The molecule has 0 aromatic carbocycles. The number of aromatic nitrogens is 3. The van der Waals surface area contributed by atoms with E-state index in [4.69, 9.17) is 17.0 Å². The molecule has 7 heteroatoms. The zero-order valence-electron chi connectivity index (χ0n) is 8.63. The average molecular weight is 229 g/mol. The van der Waals surface area contributed by atoms with E-state index in [1.165, 1.54) is 31.5 Å². The van der Waals surface area contributed by atoms with Gasteiger partial charge in [0.1, 0.15) is 12.6 Å². The van der Waals surface area contributed by atoms with Crippen LogP contribution in [0.2, 0.25) is 0 Å². The van der Waals surface area contributed by atoms with E-state index in [1.807, 2.05) is 0 Å². The van der Waals surface area contributed by atoms with E-state index in [9.17, 15) is 4.79 Å². The third-order valence-electron chi connectivity index (χ3n) is 1.68. The molecule has 1 heterocycles. The van der Waals surface area contributed by atoms with Crippen molar-refractivity contribution in [1.82, 2.24) is 14.3 Å². The minimum atomic E-state index is -0.563. The molecule has 82 valence electrons. The van der Waals surface area contributed by atoms with Gasteiger partial charge in [-0.25, -0.2) is 4.79 Å². The minimum absolute atomic E-state index is 0.130. The Balaban J connectivity index is 3.23. The Morgan fingerprint density at radius 3 is 2.67 bits per heavy atom. The molecule has 0 amide bonds. The van der Waals surface area contributed by atoms with Crippen molar-refractivity contribution in [2.75, 3.05) is 14.2 Å². The summed E-state index contributed by atoms with van der Waals surface area (Å²) in [5.41, 5.74) is 0.130. The second-order valence-electron chi connectivity index (χ2n) is 2.67. The first-order valence-corrected chi connectivity index (χ1v) is 4.45. The maximum Gasteiger partial charge on any atom is 0.360 e. The van der Waals surface area contributed by atoms with Crippen LogP contribution in [0.3, 0.4) is 0 Å². The van der Waals surface area contributed by atoms with Gasteiger partial charge in [-0.3, -0.25) is 0 Å². The predicted octanol–water partition coefficient (Wildman–Crippen LogP) is 0.569. The fourth-order valence-electron chi connectivity index (χ4n) is 0.943. The van der Waals surface area contributed by atoms with Crippen molar-refractivity contribution in [2.24, 2.45) is 7.05 Å². The van der Waals surface area contributed by atoms with Gasteiger partial charge < -0.3 is 14.0 Å². The van der Waals surface area contributed by atoms with Gasteiger partial charge in [-0.2, -0.15) is 9.78 Å². The molecule has 6 nitrogen and oxygen atoms in total. The van der Waals surface area contributed by atoms with Gasteiger partial charge in [0, 0.05) is 7.05 Å². The number of esters is 1. The molecule has 15 heavy (non-hydrogen) atoms. The lowest BCUT2D eigenvalue weighted by Gasteiger charge is -2.03. The summed E-state index contributed by atoms with van der Waals surface area (Å²) in [7, 11) is 4.43. The summed E-state index contributed by atoms with van der Waals surface area (Å²) in [6, 6.07) is 0. The van der Waals surface area contributed by atoms with Gasteiger partial charge in [-0.15, -0.1) is 0 Å². The number of rotatable bonds is 3. The summed E-state index contributed by atoms with van der Waals surface area (Å²) in [6.45, 7) is 0. The van der Waals surface area contributed by atoms with E-state index in [0.717, 1.165) is 0 Å². The zero-order chi connectivity index (χ0) is 11.4. The summed E-state index contributed by atoms with van der Waals surface area (Å²) in [4.78, 5) is 11.4. The lowest BCUT2D eigenvalue weighted by Crippen LogP contribution is -2.12. The average Bonchev–Trinajstić information content (AvgIpc) is 2.56. The number of methoxy groups -OCH3 is 2. The van der Waals surface area contributed by atoms with Gasteiger partial charge in [-0.1, -0.05) is 0 Å². The highest BCUT2D eigenvalue weighted by molar-refractivity contribution is 7.71. The molecule has 0 saturated carbocycles. The first kappa shape index (κ1) is 11.4. The SMILES string of the molecule is CO/C=C(/C(=O)OC)n1ncn(C)c1=S. The van der Waals surface area contributed by atoms with E-state index in [1.54, 1.807) is 11.6 Å². The Hall–Kier alpha value is -1.63. The predicted molar refractivity (Wildman–Crippen MR) is 55.3 cm³/mol. The molecule has 0 bridgehead atoms. The highest BCUT2D eigenvalue weighted by Gasteiger charge is 2.15. The molecule has 0 radical (unpaired) electrons. The molecule has 1 aromatic rings. The van der Waals surface area contributed by atoms with Crippen molar-refractivity contribution < 1.29 is 14.3 Å². The Kier molecular flexibility index (Phi) is 3.62. The highest BCUT2D eigenvalue weighted by Crippen LogP contribution is 2.06. The number of carbonyl (C=O) groups is 1. The molecular formula is C8H11N3O3S.